The van der Waals surface area contributed by atoms with Crippen LogP contribution >= 0.6 is 11.8 Å². The van der Waals surface area contributed by atoms with E-state index in [0.29, 0.717) is 5.75 Å². The van der Waals surface area contributed by atoms with Crippen molar-refractivity contribution >= 4 is 17.7 Å². The maximum Gasteiger partial charge on any atom is 0.240 e. The molecule has 6 N–H and O–H groups in total. The molecule has 0 aromatic carbocycles. The fourth-order valence-electron chi connectivity index (χ4n) is 5.68. The molecule has 42 heavy (non-hydrogen) atoms. The van der Waals surface area contributed by atoms with E-state index < -0.39 is 42.4 Å². The van der Waals surface area contributed by atoms with Crippen LogP contribution in [0, 0.1) is 0 Å². The smallest absolute Gasteiger partial charge is 0.240 e. The Labute approximate surface area is 261 Å². The molecule has 1 rings (SSSR count). The number of aliphatic hydroxyl groups excluding tert-OH is 5. The monoisotopic (exact) mass is 618 g/mol. The van der Waals surface area contributed by atoms with Crippen molar-refractivity contribution in [2.45, 2.75) is 178 Å². The van der Waals surface area contributed by atoms with Crippen LogP contribution in [0.2, 0.25) is 0 Å². The summed E-state index contributed by atoms with van der Waals surface area (Å²) in [6, 6.07) is -0.465. The van der Waals surface area contributed by atoms with E-state index in [4.69, 9.17) is 5.11 Å². The lowest BCUT2D eigenvalue weighted by molar-refractivity contribution is -0.133. The van der Waals surface area contributed by atoms with Crippen molar-refractivity contribution < 1.29 is 30.3 Å². The van der Waals surface area contributed by atoms with Crippen LogP contribution in [0.1, 0.15) is 142 Å². The average Bonchev–Trinajstić information content (AvgIpc) is 3.50. The van der Waals surface area contributed by atoms with Gasteiger partial charge in [0.2, 0.25) is 5.91 Å². The molecule has 1 fully saturated rings. The molecule has 0 spiro atoms. The van der Waals surface area contributed by atoms with Gasteiger partial charge in [-0.15, -0.1) is 11.8 Å². The zero-order valence-corrected chi connectivity index (χ0v) is 27.8. The first-order valence-electron chi connectivity index (χ1n) is 17.4. The number of thioether (sulfide) groups is 1. The normalized spacial score (nSPS) is 20.0. The molecule has 1 heterocycles. The van der Waals surface area contributed by atoms with Crippen LogP contribution in [0.4, 0.5) is 0 Å². The number of carbonyl (C=O) groups excluding carboxylic acids is 1. The first-order valence-corrected chi connectivity index (χ1v) is 18.4. The Morgan fingerprint density at radius 1 is 0.690 bits per heavy atom. The van der Waals surface area contributed by atoms with E-state index in [1.807, 2.05) is 4.90 Å². The Kier molecular flexibility index (Phi) is 24.4. The Morgan fingerprint density at radius 3 is 1.50 bits per heavy atom. The van der Waals surface area contributed by atoms with Crippen LogP contribution < -0.4 is 5.32 Å². The number of carbonyl (C=O) groups is 1. The zero-order chi connectivity index (χ0) is 31.0. The lowest BCUT2D eigenvalue weighted by Gasteiger charge is -2.30. The van der Waals surface area contributed by atoms with E-state index in [9.17, 15) is 25.2 Å². The molecule has 8 nitrogen and oxygen atoms in total. The maximum atomic E-state index is 13.5. The Bertz CT molecular complexity index is 622. The van der Waals surface area contributed by atoms with E-state index in [-0.39, 0.29) is 5.91 Å². The molecule has 1 aliphatic heterocycles. The van der Waals surface area contributed by atoms with Crippen molar-refractivity contribution in [3.05, 3.63) is 0 Å². The molecule has 250 valence electrons. The van der Waals surface area contributed by atoms with Gasteiger partial charge in [-0.1, -0.05) is 129 Å². The minimum atomic E-state index is -1.67. The van der Waals surface area contributed by atoms with Gasteiger partial charge in [-0.3, -0.25) is 10.1 Å². The van der Waals surface area contributed by atoms with Crippen molar-refractivity contribution in [3.63, 3.8) is 0 Å². The summed E-state index contributed by atoms with van der Waals surface area (Å²) < 4.78 is 0. The highest BCUT2D eigenvalue weighted by molar-refractivity contribution is 8.00. The van der Waals surface area contributed by atoms with Crippen molar-refractivity contribution in [2.75, 3.05) is 25.4 Å². The third kappa shape index (κ3) is 17.2. The number of nitrogens with one attached hydrogen (secondary N) is 1. The number of hydrogen-bond donors (Lipinski definition) is 6. The highest BCUT2D eigenvalue weighted by Crippen LogP contribution is 2.26. The van der Waals surface area contributed by atoms with E-state index in [1.54, 1.807) is 0 Å². The number of unbranched alkanes of at least 4 members (excludes halogenated alkanes) is 18. The van der Waals surface area contributed by atoms with Gasteiger partial charge in [0.15, 0.2) is 0 Å². The fraction of sp³-hybridized carbons (Fsp3) is 0.970. The van der Waals surface area contributed by atoms with Crippen LogP contribution in [0.5, 0.6) is 0 Å². The third-order valence-electron chi connectivity index (χ3n) is 8.57. The third-order valence-corrected chi connectivity index (χ3v) is 9.87. The number of aliphatic hydroxyl groups is 5. The van der Waals surface area contributed by atoms with Crippen molar-refractivity contribution in [2.24, 2.45) is 0 Å². The van der Waals surface area contributed by atoms with E-state index in [1.165, 1.54) is 114 Å². The van der Waals surface area contributed by atoms with Crippen molar-refractivity contribution in [1.82, 2.24) is 10.2 Å². The second kappa shape index (κ2) is 25.9. The summed E-state index contributed by atoms with van der Waals surface area (Å²) in [5.41, 5.74) is 0. The molecule has 0 aromatic heterocycles. The van der Waals surface area contributed by atoms with Gasteiger partial charge in [0.05, 0.1) is 18.0 Å². The minimum absolute atomic E-state index is 0.0366. The molecule has 0 aliphatic carbocycles. The predicted molar refractivity (Wildman–Crippen MR) is 175 cm³/mol. The minimum Gasteiger partial charge on any atom is -0.394 e. The highest BCUT2D eigenvalue weighted by atomic mass is 32.2. The molecule has 1 amide bonds. The number of rotatable bonds is 28. The summed E-state index contributed by atoms with van der Waals surface area (Å²) in [5.74, 6) is 0.507. The molecule has 0 aromatic rings. The quantitative estimate of drug-likeness (QED) is 0.0666. The summed E-state index contributed by atoms with van der Waals surface area (Å²) in [4.78, 5) is 15.5. The molecule has 0 radical (unpaired) electrons. The summed E-state index contributed by atoms with van der Waals surface area (Å²) >= 11 is 1.33. The second-order valence-corrected chi connectivity index (χ2v) is 13.6. The average molecular weight is 619 g/mol. The van der Waals surface area contributed by atoms with Crippen molar-refractivity contribution in [1.29, 1.82) is 0 Å². The van der Waals surface area contributed by atoms with E-state index in [2.05, 4.69) is 19.2 Å². The lowest BCUT2D eigenvalue weighted by Crippen LogP contribution is -2.54. The SMILES string of the molecule is CCCCCCCCCCCCN(CCCCCCCCCCCC)C(=O)C1CSC([C@@H](O)[C@@H](O)[C@H](O)[C@H](O)CO)N1. The number of amides is 1. The van der Waals surface area contributed by atoms with Gasteiger partial charge in [-0.05, 0) is 12.8 Å². The van der Waals surface area contributed by atoms with Crippen LogP contribution in [0.3, 0.4) is 0 Å². The molecular formula is C33H66N2O6S. The Balaban J connectivity index is 2.49. The number of nitrogens with zero attached hydrogens (tertiary/aromatic N) is 1. The highest BCUT2D eigenvalue weighted by Gasteiger charge is 2.41. The van der Waals surface area contributed by atoms with Crippen LogP contribution in [0.15, 0.2) is 0 Å². The number of hydrogen-bond acceptors (Lipinski definition) is 8. The van der Waals surface area contributed by atoms with Gasteiger partial charge in [0, 0.05) is 18.8 Å². The zero-order valence-electron chi connectivity index (χ0n) is 26.9. The van der Waals surface area contributed by atoms with Crippen LogP contribution in [-0.4, -0.2) is 97.6 Å². The van der Waals surface area contributed by atoms with Gasteiger partial charge in [0.1, 0.15) is 24.4 Å². The Hall–Kier alpha value is -0.420. The summed E-state index contributed by atoms with van der Waals surface area (Å²) in [6.45, 7) is 5.26. The molecule has 0 saturated carbocycles. The van der Waals surface area contributed by atoms with Gasteiger partial charge >= 0.3 is 0 Å². The van der Waals surface area contributed by atoms with Crippen LogP contribution in [0.25, 0.3) is 0 Å². The molecule has 0 bridgehead atoms. The molecule has 1 saturated heterocycles. The largest absolute Gasteiger partial charge is 0.394 e. The van der Waals surface area contributed by atoms with E-state index in [0.717, 1.165) is 38.8 Å². The maximum absolute atomic E-state index is 13.5. The molecule has 2 unspecified atom stereocenters. The van der Waals surface area contributed by atoms with Gasteiger partial charge < -0.3 is 30.4 Å². The lowest BCUT2D eigenvalue weighted by atomic mass is 10.0. The molecule has 9 heteroatoms. The summed E-state index contributed by atoms with van der Waals surface area (Å²) in [6.07, 6.45) is 18.8. The van der Waals surface area contributed by atoms with Gasteiger partial charge in [-0.2, -0.15) is 0 Å². The van der Waals surface area contributed by atoms with Gasteiger partial charge in [-0.25, -0.2) is 0 Å². The first-order chi connectivity index (χ1) is 20.4. The second-order valence-electron chi connectivity index (χ2n) is 12.4. The standard InChI is InChI=1S/C33H66N2O6S/c1-3-5-7-9-11-13-15-17-19-21-23-35(24-22-20-18-16-14-12-10-8-6-4-2)33(41)27-26-42-32(34-27)31(40)30(39)29(38)28(37)25-36/h27-32,34,36-40H,3-26H2,1-2H3/t27?,28-,29-,30+,31+,32?/m1/s1. The first kappa shape index (κ1) is 39.6. The molecule has 6 atom stereocenters. The topological polar surface area (TPSA) is 133 Å². The molecular weight excluding hydrogens is 552 g/mol. The molecule has 1 aliphatic rings. The van der Waals surface area contributed by atoms with E-state index >= 15 is 0 Å². The Morgan fingerprint density at radius 2 is 1.10 bits per heavy atom. The fourth-order valence-corrected chi connectivity index (χ4v) is 6.94. The van der Waals surface area contributed by atoms with Crippen LogP contribution in [-0.2, 0) is 4.79 Å². The van der Waals surface area contributed by atoms with Gasteiger partial charge in [0.25, 0.3) is 0 Å². The summed E-state index contributed by atoms with van der Waals surface area (Å²) in [5, 5.41) is 52.0. The predicted octanol–water partition coefficient (Wildman–Crippen LogP) is 5.12. The summed E-state index contributed by atoms with van der Waals surface area (Å²) in [7, 11) is 0. The van der Waals surface area contributed by atoms with Crippen molar-refractivity contribution in [3.8, 4) is 0 Å².